The summed E-state index contributed by atoms with van der Waals surface area (Å²) in [5, 5.41) is 0. The molecule has 0 spiro atoms. The van der Waals surface area contributed by atoms with Crippen LogP contribution in [0.5, 0.6) is 0 Å². The summed E-state index contributed by atoms with van der Waals surface area (Å²) in [4.78, 5) is 0. The zero-order valence-electron chi connectivity index (χ0n) is 9.72. The SMILES string of the molecule is CC(C)C.[2H]C1[CH-]CCC1C.[K+]. The largest absolute Gasteiger partial charge is 1.00 e. The molecule has 1 aliphatic carbocycles. The fourth-order valence-electron chi connectivity index (χ4n) is 0.784. The van der Waals surface area contributed by atoms with Gasteiger partial charge in [-0.3, -0.25) is 0 Å². The molecule has 0 saturated heterocycles. The molecule has 0 aromatic heterocycles. The summed E-state index contributed by atoms with van der Waals surface area (Å²) in [5.74, 6) is 1.46. The smallest absolute Gasteiger partial charge is 0.328 e. The summed E-state index contributed by atoms with van der Waals surface area (Å²) in [6.07, 6.45) is 4.62. The monoisotopic (exact) mass is 181 g/mol. The van der Waals surface area contributed by atoms with Crippen LogP contribution in [0, 0.1) is 18.3 Å². The summed E-state index contributed by atoms with van der Waals surface area (Å²) in [6.45, 7) is 8.64. The van der Waals surface area contributed by atoms with Gasteiger partial charge in [-0.1, -0.05) is 40.0 Å². The Kier molecular flexibility index (Phi) is 11.2. The maximum Gasteiger partial charge on any atom is 1.00 e. The van der Waals surface area contributed by atoms with Gasteiger partial charge in [-0.2, -0.15) is 12.8 Å². The van der Waals surface area contributed by atoms with Crippen molar-refractivity contribution in [3.05, 3.63) is 6.42 Å². The Balaban J connectivity index is 0. The maximum absolute atomic E-state index is 7.28. The molecule has 0 aromatic carbocycles. The van der Waals surface area contributed by atoms with Crippen LogP contribution in [0.2, 0.25) is 0 Å². The van der Waals surface area contributed by atoms with Gasteiger partial charge in [-0.05, 0) is 7.29 Å². The van der Waals surface area contributed by atoms with Gasteiger partial charge in [0.15, 0.2) is 0 Å². The summed E-state index contributed by atoms with van der Waals surface area (Å²) in [7, 11) is 0. The van der Waals surface area contributed by atoms with Crippen LogP contribution in [0.3, 0.4) is 0 Å². The predicted octanol–water partition coefficient (Wildman–Crippen LogP) is 0.677. The van der Waals surface area contributed by atoms with Crippen molar-refractivity contribution in [3.63, 3.8) is 0 Å². The molecule has 0 amide bonds. The van der Waals surface area contributed by atoms with Crippen LogP contribution in [0.1, 0.15) is 48.3 Å². The van der Waals surface area contributed by atoms with Gasteiger partial charge in [-0.25, -0.2) is 0 Å². The molecular weight excluding hydrogens is 159 g/mol. The van der Waals surface area contributed by atoms with Crippen molar-refractivity contribution in [2.24, 2.45) is 11.8 Å². The molecule has 0 N–H and O–H groups in total. The zero-order valence-corrected chi connectivity index (χ0v) is 11.8. The van der Waals surface area contributed by atoms with E-state index in [0.29, 0.717) is 5.92 Å². The van der Waals surface area contributed by atoms with Crippen molar-refractivity contribution in [3.8, 4) is 0 Å². The van der Waals surface area contributed by atoms with Gasteiger partial charge in [0.05, 0.1) is 0 Å². The second-order valence-electron chi connectivity index (χ2n) is 3.71. The molecule has 0 aromatic rings. The first-order valence-electron chi connectivity index (χ1n) is 4.87. The molecule has 1 saturated carbocycles. The third-order valence-corrected chi connectivity index (χ3v) is 1.25. The third kappa shape index (κ3) is 14.5. The van der Waals surface area contributed by atoms with Gasteiger partial charge >= 0.3 is 51.4 Å². The molecule has 2 unspecified atom stereocenters. The molecule has 1 heteroatoms. The van der Waals surface area contributed by atoms with Gasteiger partial charge in [0.2, 0.25) is 0 Å². The minimum atomic E-state index is 0. The molecule has 0 aliphatic heterocycles. The van der Waals surface area contributed by atoms with E-state index in [1.807, 2.05) is 0 Å². The first kappa shape index (κ1) is 12.6. The molecule has 62 valence electrons. The second-order valence-corrected chi connectivity index (χ2v) is 3.71. The summed E-state index contributed by atoms with van der Waals surface area (Å²) >= 11 is 0. The zero-order chi connectivity index (χ0) is 8.85. The molecule has 0 nitrogen and oxygen atoms in total. The topological polar surface area (TPSA) is 0 Å². The molecule has 1 fully saturated rings. The third-order valence-electron chi connectivity index (χ3n) is 1.25. The van der Waals surface area contributed by atoms with Crippen molar-refractivity contribution < 1.29 is 52.8 Å². The van der Waals surface area contributed by atoms with E-state index in [4.69, 9.17) is 1.37 Å². The van der Waals surface area contributed by atoms with E-state index in [2.05, 4.69) is 34.1 Å². The Hall–Kier alpha value is 1.64. The van der Waals surface area contributed by atoms with E-state index in [1.165, 1.54) is 6.42 Å². The van der Waals surface area contributed by atoms with Gasteiger partial charge in [0.1, 0.15) is 0 Å². The van der Waals surface area contributed by atoms with Crippen LogP contribution in [-0.2, 0) is 0 Å². The van der Waals surface area contributed by atoms with Crippen LogP contribution in [0.4, 0.5) is 0 Å². The van der Waals surface area contributed by atoms with Crippen LogP contribution in [0.25, 0.3) is 0 Å². The van der Waals surface area contributed by atoms with Gasteiger partial charge in [0, 0.05) is 0 Å². The van der Waals surface area contributed by atoms with E-state index < -0.39 is 0 Å². The maximum atomic E-state index is 7.28. The van der Waals surface area contributed by atoms with E-state index >= 15 is 0 Å². The number of rotatable bonds is 0. The summed E-state index contributed by atoms with van der Waals surface area (Å²) in [6, 6.07) is 0. The fourth-order valence-corrected chi connectivity index (χ4v) is 0.784. The van der Waals surface area contributed by atoms with Gasteiger partial charge in [0.25, 0.3) is 0 Å². The van der Waals surface area contributed by atoms with Crippen molar-refractivity contribution in [2.75, 3.05) is 0 Å². The van der Waals surface area contributed by atoms with Crippen molar-refractivity contribution in [1.82, 2.24) is 0 Å². The quantitative estimate of drug-likeness (QED) is 0.381. The molecule has 0 bridgehead atoms. The number of hydrogen-bond donors (Lipinski definition) is 0. The van der Waals surface area contributed by atoms with Crippen molar-refractivity contribution >= 4 is 0 Å². The van der Waals surface area contributed by atoms with Crippen molar-refractivity contribution in [2.45, 2.75) is 46.9 Å². The van der Waals surface area contributed by atoms with Crippen LogP contribution < -0.4 is 51.4 Å². The minimum Gasteiger partial charge on any atom is -0.328 e. The van der Waals surface area contributed by atoms with Crippen molar-refractivity contribution in [1.29, 1.82) is 0 Å². The Bertz CT molecular complexity index is 83.1. The molecule has 2 atom stereocenters. The number of hydrogen-bond acceptors (Lipinski definition) is 0. The molecular formula is C10H21K. The Morgan fingerprint density at radius 3 is 2.00 bits per heavy atom. The van der Waals surface area contributed by atoms with Crippen LogP contribution in [-0.4, -0.2) is 0 Å². The first-order valence-corrected chi connectivity index (χ1v) is 4.29. The molecule has 1 aliphatic rings. The van der Waals surface area contributed by atoms with Crippen LogP contribution >= 0.6 is 0 Å². The minimum absolute atomic E-state index is 0. The van der Waals surface area contributed by atoms with Crippen LogP contribution in [0.15, 0.2) is 0 Å². The van der Waals surface area contributed by atoms with E-state index in [1.54, 1.807) is 0 Å². The molecule has 1 rings (SSSR count). The molecule has 0 heterocycles. The molecule has 0 radical (unpaired) electrons. The molecule has 11 heavy (non-hydrogen) atoms. The summed E-state index contributed by atoms with van der Waals surface area (Å²) < 4.78 is 7.28. The van der Waals surface area contributed by atoms with Gasteiger partial charge < -0.3 is 6.42 Å². The van der Waals surface area contributed by atoms with E-state index in [0.717, 1.165) is 12.3 Å². The average Bonchev–Trinajstić information content (AvgIpc) is 2.15. The normalized spacial score (nSPS) is 30.1. The summed E-state index contributed by atoms with van der Waals surface area (Å²) in [5.41, 5.74) is 0. The van der Waals surface area contributed by atoms with E-state index in [9.17, 15) is 0 Å². The Morgan fingerprint density at radius 1 is 1.45 bits per heavy atom. The Morgan fingerprint density at radius 2 is 1.91 bits per heavy atom. The predicted molar refractivity (Wildman–Crippen MR) is 47.8 cm³/mol. The average molecular weight is 181 g/mol. The van der Waals surface area contributed by atoms with E-state index in [-0.39, 0.29) is 57.8 Å². The second kappa shape index (κ2) is 9.72. The van der Waals surface area contributed by atoms with Gasteiger partial charge in [-0.15, -0.1) is 0 Å². The Labute approximate surface area is 116 Å². The standard InChI is InChI=1S/C6H11.C4H10.K/c1-6-4-2-3-5-6;1-4(2)3;/h2,6H,3-5H2,1H3;4H,1-3H3;/q-1;;+1/i4D;;. The first-order chi connectivity index (χ1) is 5.04. The fraction of sp³-hybridized carbons (Fsp3) is 0.900.